The topological polar surface area (TPSA) is 93.0 Å². The van der Waals surface area contributed by atoms with Gasteiger partial charge in [0.15, 0.2) is 0 Å². The molecule has 1 aromatic rings. The van der Waals surface area contributed by atoms with Gasteiger partial charge in [0.1, 0.15) is 5.82 Å². The van der Waals surface area contributed by atoms with Crippen molar-refractivity contribution in [3.8, 4) is 0 Å². The van der Waals surface area contributed by atoms with Crippen LogP contribution in [0.25, 0.3) is 5.70 Å². The SMILES string of the molecule is N=C/C(C1=CC([N+](=O)[O-])=CCC1)=C(\N)c1ccc(F)c(C(F)(F)F)c1. The second kappa shape index (κ2) is 6.88. The number of hydrogen-bond donors (Lipinski definition) is 2. The number of benzene rings is 1. The molecular formula is C16H13F4N3O2. The minimum absolute atomic E-state index is 0.0622. The Morgan fingerprint density at radius 1 is 1.36 bits per heavy atom. The molecule has 3 N–H and O–H groups in total. The highest BCUT2D eigenvalue weighted by Gasteiger charge is 2.34. The lowest BCUT2D eigenvalue weighted by molar-refractivity contribution is -0.419. The van der Waals surface area contributed by atoms with Crippen LogP contribution in [0.15, 0.2) is 47.2 Å². The number of nitrogens with one attached hydrogen (secondary N) is 1. The second-order valence-corrected chi connectivity index (χ2v) is 5.26. The molecule has 1 aliphatic carbocycles. The Morgan fingerprint density at radius 3 is 2.60 bits per heavy atom. The highest BCUT2D eigenvalue weighted by Crippen LogP contribution is 2.34. The van der Waals surface area contributed by atoms with Crippen molar-refractivity contribution < 1.29 is 22.5 Å². The molecule has 25 heavy (non-hydrogen) atoms. The van der Waals surface area contributed by atoms with Gasteiger partial charge in [-0.1, -0.05) is 0 Å². The van der Waals surface area contributed by atoms with Crippen molar-refractivity contribution >= 4 is 11.9 Å². The van der Waals surface area contributed by atoms with Gasteiger partial charge in [0, 0.05) is 23.6 Å². The monoisotopic (exact) mass is 355 g/mol. The number of nitrogens with two attached hydrogens (primary N) is 1. The fraction of sp³-hybridized carbons (Fsp3) is 0.188. The van der Waals surface area contributed by atoms with Crippen molar-refractivity contribution in [1.82, 2.24) is 0 Å². The van der Waals surface area contributed by atoms with Gasteiger partial charge in [-0.15, -0.1) is 0 Å². The summed E-state index contributed by atoms with van der Waals surface area (Å²) >= 11 is 0. The van der Waals surface area contributed by atoms with E-state index < -0.39 is 22.5 Å². The third kappa shape index (κ3) is 3.93. The normalized spacial score (nSPS) is 15.8. The molecule has 0 fully saturated rings. The predicted octanol–water partition coefficient (Wildman–Crippen LogP) is 4.04. The van der Waals surface area contributed by atoms with Gasteiger partial charge in [0.25, 0.3) is 5.70 Å². The Hall–Kier alpha value is -2.97. The molecule has 0 aliphatic heterocycles. The van der Waals surface area contributed by atoms with Crippen molar-refractivity contribution in [3.05, 3.63) is 74.3 Å². The highest BCUT2D eigenvalue weighted by molar-refractivity contribution is 5.94. The van der Waals surface area contributed by atoms with Crippen LogP contribution in [-0.4, -0.2) is 11.1 Å². The molecule has 1 aliphatic rings. The van der Waals surface area contributed by atoms with E-state index in [4.69, 9.17) is 11.1 Å². The maximum atomic E-state index is 13.4. The molecule has 0 saturated carbocycles. The lowest BCUT2D eigenvalue weighted by atomic mass is 9.93. The molecule has 0 aromatic heterocycles. The minimum Gasteiger partial charge on any atom is -0.398 e. The highest BCUT2D eigenvalue weighted by atomic mass is 19.4. The zero-order valence-corrected chi connectivity index (χ0v) is 12.7. The Labute approximate surface area is 139 Å². The van der Waals surface area contributed by atoms with Crippen LogP contribution >= 0.6 is 0 Å². The van der Waals surface area contributed by atoms with Crippen molar-refractivity contribution in [2.45, 2.75) is 19.0 Å². The fourth-order valence-corrected chi connectivity index (χ4v) is 2.43. The van der Waals surface area contributed by atoms with Crippen LogP contribution in [-0.2, 0) is 6.18 Å². The van der Waals surface area contributed by atoms with E-state index in [0.717, 1.165) is 12.3 Å². The molecule has 0 bridgehead atoms. The average Bonchev–Trinajstić information content (AvgIpc) is 2.55. The summed E-state index contributed by atoms with van der Waals surface area (Å²) in [5, 5.41) is 18.3. The van der Waals surface area contributed by atoms with Gasteiger partial charge in [0.05, 0.1) is 10.5 Å². The van der Waals surface area contributed by atoms with Crippen LogP contribution in [0.1, 0.15) is 24.0 Å². The number of halogens is 4. The van der Waals surface area contributed by atoms with Crippen LogP contribution in [0.2, 0.25) is 0 Å². The Morgan fingerprint density at radius 2 is 2.04 bits per heavy atom. The molecule has 2 rings (SSSR count). The average molecular weight is 355 g/mol. The summed E-state index contributed by atoms with van der Waals surface area (Å²) in [5.74, 6) is -1.43. The van der Waals surface area contributed by atoms with Gasteiger partial charge in [-0.05, 0) is 48.3 Å². The molecule has 0 spiro atoms. The number of nitro groups is 1. The maximum Gasteiger partial charge on any atom is 0.419 e. The van der Waals surface area contributed by atoms with Crippen LogP contribution < -0.4 is 5.73 Å². The minimum atomic E-state index is -4.89. The molecule has 0 amide bonds. The molecule has 5 nitrogen and oxygen atoms in total. The summed E-state index contributed by atoms with van der Waals surface area (Å²) in [7, 11) is 0. The van der Waals surface area contributed by atoms with E-state index in [-0.39, 0.29) is 22.5 Å². The van der Waals surface area contributed by atoms with Crippen molar-refractivity contribution in [1.29, 1.82) is 5.41 Å². The smallest absolute Gasteiger partial charge is 0.398 e. The molecule has 9 heteroatoms. The molecular weight excluding hydrogens is 342 g/mol. The zero-order chi connectivity index (χ0) is 18.8. The third-order valence-electron chi connectivity index (χ3n) is 3.66. The molecule has 0 radical (unpaired) electrons. The summed E-state index contributed by atoms with van der Waals surface area (Å²) < 4.78 is 51.9. The lowest BCUT2D eigenvalue weighted by Crippen LogP contribution is -2.12. The first-order valence-corrected chi connectivity index (χ1v) is 7.08. The number of allylic oxidation sites excluding steroid dienone is 4. The Bertz CT molecular complexity index is 823. The maximum absolute atomic E-state index is 13.4. The van der Waals surface area contributed by atoms with Crippen LogP contribution in [0.4, 0.5) is 17.6 Å². The first kappa shape index (κ1) is 18.4. The van der Waals surface area contributed by atoms with E-state index in [1.807, 2.05) is 0 Å². The van der Waals surface area contributed by atoms with Gasteiger partial charge in [-0.2, -0.15) is 13.2 Å². The summed E-state index contributed by atoms with van der Waals surface area (Å²) in [6.07, 6.45) is -0.761. The van der Waals surface area contributed by atoms with E-state index >= 15 is 0 Å². The van der Waals surface area contributed by atoms with Gasteiger partial charge in [0.2, 0.25) is 0 Å². The van der Waals surface area contributed by atoms with E-state index in [1.165, 1.54) is 12.2 Å². The van der Waals surface area contributed by atoms with Gasteiger partial charge in [-0.3, -0.25) is 10.1 Å². The summed E-state index contributed by atoms with van der Waals surface area (Å²) in [6, 6.07) is 2.27. The van der Waals surface area contributed by atoms with Gasteiger partial charge in [-0.25, -0.2) is 4.39 Å². The molecule has 132 valence electrons. The van der Waals surface area contributed by atoms with Crippen LogP contribution in [0.3, 0.4) is 0 Å². The summed E-state index contributed by atoms with van der Waals surface area (Å²) in [4.78, 5) is 10.3. The molecule has 0 heterocycles. The predicted molar refractivity (Wildman–Crippen MR) is 83.7 cm³/mol. The van der Waals surface area contributed by atoms with Crippen molar-refractivity contribution in [3.63, 3.8) is 0 Å². The third-order valence-corrected chi connectivity index (χ3v) is 3.66. The molecule has 1 aromatic carbocycles. The number of rotatable bonds is 4. The lowest BCUT2D eigenvalue weighted by Gasteiger charge is -2.15. The standard InChI is InChI=1S/C16H13F4N3O2/c17-14-5-4-10(7-13(14)16(18,19)20)15(22)12(8-21)9-2-1-3-11(6-9)23(24)25/h3-8,21H,1-2,22H2/b15-12+,21-8?. The van der Waals surface area contributed by atoms with Crippen molar-refractivity contribution in [2.24, 2.45) is 5.73 Å². The van der Waals surface area contributed by atoms with Gasteiger partial charge >= 0.3 is 6.18 Å². The second-order valence-electron chi connectivity index (χ2n) is 5.26. The first-order chi connectivity index (χ1) is 11.6. The number of alkyl halides is 3. The Balaban J connectivity index is 2.55. The number of hydrogen-bond acceptors (Lipinski definition) is 4. The van der Waals surface area contributed by atoms with E-state index in [2.05, 4.69) is 0 Å². The first-order valence-electron chi connectivity index (χ1n) is 7.08. The van der Waals surface area contributed by atoms with E-state index in [1.54, 1.807) is 0 Å². The zero-order valence-electron chi connectivity index (χ0n) is 12.7. The summed E-state index contributed by atoms with van der Waals surface area (Å²) in [6.45, 7) is 0. The quantitative estimate of drug-likeness (QED) is 0.369. The molecule has 0 saturated heterocycles. The van der Waals surface area contributed by atoms with E-state index in [0.29, 0.717) is 30.5 Å². The number of nitrogens with zero attached hydrogens (tertiary/aromatic N) is 1. The fourth-order valence-electron chi connectivity index (χ4n) is 2.43. The Kier molecular flexibility index (Phi) is 5.05. The largest absolute Gasteiger partial charge is 0.419 e. The van der Waals surface area contributed by atoms with Gasteiger partial charge < -0.3 is 11.1 Å². The van der Waals surface area contributed by atoms with Crippen LogP contribution in [0, 0.1) is 21.3 Å². The van der Waals surface area contributed by atoms with Crippen molar-refractivity contribution in [2.75, 3.05) is 0 Å². The van der Waals surface area contributed by atoms with E-state index in [9.17, 15) is 27.7 Å². The summed E-state index contributed by atoms with van der Waals surface area (Å²) in [5.41, 5.74) is 4.34. The molecule has 0 unspecified atom stereocenters. The molecule has 0 atom stereocenters. The van der Waals surface area contributed by atoms with Crippen LogP contribution in [0.5, 0.6) is 0 Å².